The summed E-state index contributed by atoms with van der Waals surface area (Å²) in [5.41, 5.74) is 0.119. The molecule has 284 valence electrons. The van der Waals surface area contributed by atoms with E-state index in [2.05, 4.69) is 15.0 Å². The van der Waals surface area contributed by atoms with Crippen LogP contribution in [0.4, 0.5) is 38.3 Å². The van der Waals surface area contributed by atoms with Crippen molar-refractivity contribution < 1.29 is 50.5 Å². The van der Waals surface area contributed by atoms with Gasteiger partial charge in [0.1, 0.15) is 34.3 Å². The van der Waals surface area contributed by atoms with Crippen LogP contribution in [0.2, 0.25) is 0 Å². The number of hydrogen-bond donors (Lipinski definition) is 2. The predicted octanol–water partition coefficient (Wildman–Crippen LogP) is 8.01. The molecule has 3 N–H and O–H groups in total. The molecule has 0 saturated heterocycles. The van der Waals surface area contributed by atoms with E-state index >= 15 is 8.78 Å². The van der Waals surface area contributed by atoms with Crippen LogP contribution < -0.4 is 25.4 Å². The van der Waals surface area contributed by atoms with Crippen molar-refractivity contribution in [3.05, 3.63) is 99.6 Å². The molecule has 0 unspecified atom stereocenters. The summed E-state index contributed by atoms with van der Waals surface area (Å²) >= 11 is 0. The molecule has 4 rings (SSSR count). The Bertz CT molecular complexity index is 1900. The number of methoxy groups -OCH3 is 3. The van der Waals surface area contributed by atoms with Gasteiger partial charge in [0.15, 0.2) is 5.82 Å². The van der Waals surface area contributed by atoms with E-state index in [0.717, 1.165) is 18.2 Å². The van der Waals surface area contributed by atoms with Crippen LogP contribution >= 0.6 is 0 Å². The van der Waals surface area contributed by atoms with Crippen LogP contribution in [0.15, 0.2) is 54.6 Å². The lowest BCUT2D eigenvalue weighted by Gasteiger charge is -2.28. The molecule has 0 atom stereocenters. The van der Waals surface area contributed by atoms with Gasteiger partial charge in [0.05, 0.1) is 38.3 Å². The Morgan fingerprint density at radius 3 is 1.85 bits per heavy atom. The highest BCUT2D eigenvalue weighted by molar-refractivity contribution is 5.97. The molecule has 0 bridgehead atoms. The van der Waals surface area contributed by atoms with E-state index in [9.17, 15) is 22.8 Å². The molecule has 1 heterocycles. The van der Waals surface area contributed by atoms with Crippen LogP contribution in [0, 0.1) is 18.6 Å². The monoisotopic (exact) mass is 744 g/mol. The first-order valence-electron chi connectivity index (χ1n) is 16.3. The summed E-state index contributed by atoms with van der Waals surface area (Å²) in [6.07, 6.45) is -6.61. The van der Waals surface area contributed by atoms with Gasteiger partial charge in [-0.2, -0.15) is 13.2 Å². The second-order valence-corrected chi connectivity index (χ2v) is 13.0. The molecule has 0 aliphatic carbocycles. The average molecular weight is 745 g/mol. The van der Waals surface area contributed by atoms with Gasteiger partial charge >= 0.3 is 18.2 Å². The number of anilines is 2. The summed E-state index contributed by atoms with van der Waals surface area (Å²) in [6.45, 7) is 5.82. The second-order valence-electron chi connectivity index (χ2n) is 13.0. The third-order valence-corrected chi connectivity index (χ3v) is 8.06. The van der Waals surface area contributed by atoms with E-state index in [1.54, 1.807) is 74.2 Å². The number of alkyl halides is 3. The number of aromatic nitrogens is 1. The number of alkyl carbamates (subject to hydrolysis) is 1. The zero-order valence-electron chi connectivity index (χ0n) is 30.3. The van der Waals surface area contributed by atoms with E-state index in [-0.39, 0.29) is 24.5 Å². The molecule has 3 aromatic carbocycles. The molecule has 4 aromatic rings. The van der Waals surface area contributed by atoms with Gasteiger partial charge in [0.25, 0.3) is 0 Å². The summed E-state index contributed by atoms with van der Waals surface area (Å²) in [5, 5.41) is 2.38. The standard InChI is InChI=1S/C38H41F5N4O6/c1-21-18-27(47(19-22-8-12-24(50-5)13-9-22)20-23-10-14-25(51-6)15-11-23)46-34(30(21)38(41,42)43)28-26(16-17-45-36(49)53-37(2,3)4)31(39)29(35(48)52-7)33(44)32(28)40/h8-15,18H,16-17,19-20,44H2,1-7H3,(H,45,49). The van der Waals surface area contributed by atoms with Gasteiger partial charge in [-0.1, -0.05) is 24.3 Å². The van der Waals surface area contributed by atoms with E-state index in [1.165, 1.54) is 27.2 Å². The molecular formula is C38H41F5N4O6. The Morgan fingerprint density at radius 1 is 0.868 bits per heavy atom. The number of amides is 1. The van der Waals surface area contributed by atoms with Gasteiger partial charge in [0.2, 0.25) is 0 Å². The molecule has 0 radical (unpaired) electrons. The van der Waals surface area contributed by atoms with E-state index in [0.29, 0.717) is 11.5 Å². The van der Waals surface area contributed by atoms with Crippen molar-refractivity contribution in [2.45, 2.75) is 59.0 Å². The number of pyridine rings is 1. The smallest absolute Gasteiger partial charge is 0.418 e. The Labute approximate surface area is 304 Å². The highest BCUT2D eigenvalue weighted by Crippen LogP contribution is 2.44. The van der Waals surface area contributed by atoms with E-state index < -0.39 is 82.1 Å². The SMILES string of the molecule is COC(=O)c1c(N)c(F)c(-c2nc(N(Cc3ccc(OC)cc3)Cc3ccc(OC)cc3)cc(C)c2C(F)(F)F)c(CCNC(=O)OC(C)(C)C)c1F. The zero-order chi connectivity index (χ0) is 39.2. The van der Waals surface area contributed by atoms with Gasteiger partial charge < -0.3 is 34.9 Å². The lowest BCUT2D eigenvalue weighted by molar-refractivity contribution is -0.137. The van der Waals surface area contributed by atoms with Gasteiger partial charge in [-0.15, -0.1) is 0 Å². The summed E-state index contributed by atoms with van der Waals surface area (Å²) in [6, 6.07) is 15.2. The lowest BCUT2D eigenvalue weighted by atomic mass is 9.91. The highest BCUT2D eigenvalue weighted by Gasteiger charge is 2.40. The highest BCUT2D eigenvalue weighted by atomic mass is 19.4. The number of rotatable bonds is 12. The van der Waals surface area contributed by atoms with Gasteiger partial charge in [-0.25, -0.2) is 23.4 Å². The number of ether oxygens (including phenoxy) is 4. The van der Waals surface area contributed by atoms with Gasteiger partial charge in [-0.05, 0) is 81.1 Å². The van der Waals surface area contributed by atoms with E-state index in [1.807, 2.05) is 0 Å². The molecule has 0 saturated carbocycles. The van der Waals surface area contributed by atoms with Crippen molar-refractivity contribution in [3.63, 3.8) is 0 Å². The number of nitrogens with two attached hydrogens (primary N) is 1. The predicted molar refractivity (Wildman–Crippen MR) is 189 cm³/mol. The minimum atomic E-state index is -5.10. The zero-order valence-corrected chi connectivity index (χ0v) is 30.3. The number of nitrogens with one attached hydrogen (secondary N) is 1. The maximum Gasteiger partial charge on any atom is 0.418 e. The fourth-order valence-corrected chi connectivity index (χ4v) is 5.62. The largest absolute Gasteiger partial charge is 0.497 e. The number of halogens is 5. The third kappa shape index (κ3) is 9.64. The maximum atomic E-state index is 16.5. The number of benzene rings is 3. The Hall–Kier alpha value is -5.60. The van der Waals surface area contributed by atoms with Crippen LogP contribution in [-0.2, 0) is 35.2 Å². The van der Waals surface area contributed by atoms with Crippen molar-refractivity contribution in [1.29, 1.82) is 0 Å². The topological polar surface area (TPSA) is 125 Å². The molecule has 1 amide bonds. The van der Waals surface area contributed by atoms with Crippen molar-refractivity contribution in [1.82, 2.24) is 10.3 Å². The van der Waals surface area contributed by atoms with Crippen LogP contribution in [0.5, 0.6) is 11.5 Å². The van der Waals surface area contributed by atoms with Crippen molar-refractivity contribution >= 4 is 23.6 Å². The molecule has 15 heteroatoms. The quantitative estimate of drug-likeness (QED) is 0.0843. The number of nitrogens with zero attached hydrogens (tertiary/aromatic N) is 2. The third-order valence-electron chi connectivity index (χ3n) is 8.06. The van der Waals surface area contributed by atoms with Crippen molar-refractivity contribution in [2.75, 3.05) is 38.5 Å². The van der Waals surface area contributed by atoms with E-state index in [4.69, 9.17) is 19.9 Å². The van der Waals surface area contributed by atoms with Crippen LogP contribution in [0.25, 0.3) is 11.3 Å². The minimum absolute atomic E-state index is 0.00890. The summed E-state index contributed by atoms with van der Waals surface area (Å²) < 4.78 is 98.0. The number of carbonyl (C=O) groups excluding carboxylic acids is 2. The van der Waals surface area contributed by atoms with Crippen LogP contribution in [0.1, 0.15) is 58.9 Å². The molecule has 0 aliphatic rings. The fourth-order valence-electron chi connectivity index (χ4n) is 5.62. The minimum Gasteiger partial charge on any atom is -0.497 e. The average Bonchev–Trinajstić information content (AvgIpc) is 3.09. The normalized spacial score (nSPS) is 11.5. The first kappa shape index (κ1) is 40.2. The Balaban J connectivity index is 1.97. The van der Waals surface area contributed by atoms with Crippen molar-refractivity contribution in [2.24, 2.45) is 0 Å². The van der Waals surface area contributed by atoms with Crippen LogP contribution in [0.3, 0.4) is 0 Å². The van der Waals surface area contributed by atoms with Gasteiger partial charge in [0, 0.05) is 30.8 Å². The Kier molecular flexibility index (Phi) is 12.4. The Morgan fingerprint density at radius 2 is 1.40 bits per heavy atom. The molecule has 53 heavy (non-hydrogen) atoms. The number of hydrogen-bond acceptors (Lipinski definition) is 9. The van der Waals surface area contributed by atoms with Gasteiger partial charge in [-0.3, -0.25) is 0 Å². The van der Waals surface area contributed by atoms with Crippen LogP contribution in [-0.4, -0.2) is 50.5 Å². The molecule has 0 aliphatic heterocycles. The first-order valence-corrected chi connectivity index (χ1v) is 16.3. The first-order chi connectivity index (χ1) is 24.9. The second kappa shape index (κ2) is 16.4. The summed E-state index contributed by atoms with van der Waals surface area (Å²) in [7, 11) is 3.93. The molecule has 1 aromatic heterocycles. The van der Waals surface area contributed by atoms with Crippen molar-refractivity contribution in [3.8, 4) is 22.8 Å². The molecular weight excluding hydrogens is 703 g/mol. The summed E-state index contributed by atoms with van der Waals surface area (Å²) in [4.78, 5) is 31.0. The number of carbonyl (C=O) groups is 2. The number of aryl methyl sites for hydroxylation is 1. The number of esters is 1. The molecule has 0 fully saturated rings. The fraction of sp³-hybridized carbons (Fsp3) is 0.342. The number of nitrogen functional groups attached to an aromatic ring is 1. The molecule has 0 spiro atoms. The lowest BCUT2D eigenvalue weighted by Crippen LogP contribution is -2.33. The summed E-state index contributed by atoms with van der Waals surface area (Å²) in [5.74, 6) is -3.15. The maximum absolute atomic E-state index is 16.5. The molecule has 10 nitrogen and oxygen atoms in total.